The summed E-state index contributed by atoms with van der Waals surface area (Å²) in [6.45, 7) is 20.7. The quantitative estimate of drug-likeness (QED) is 0.459. The van der Waals surface area contributed by atoms with Crippen molar-refractivity contribution >= 4 is 0 Å². The molecule has 0 radical (unpaired) electrons. The van der Waals surface area contributed by atoms with Crippen molar-refractivity contribution in [1.82, 2.24) is 0 Å². The molecule has 0 spiro atoms. The Hall–Kier alpha value is -0.120. The Bertz CT molecular complexity index is 853. The summed E-state index contributed by atoms with van der Waals surface area (Å²) in [6.07, 6.45) is 14.7. The van der Waals surface area contributed by atoms with Crippen LogP contribution in [0.3, 0.4) is 0 Å². The van der Waals surface area contributed by atoms with E-state index in [2.05, 4.69) is 48.5 Å². The molecule has 0 amide bonds. The molecule has 1 aliphatic heterocycles. The van der Waals surface area contributed by atoms with Crippen LogP contribution in [0.2, 0.25) is 0 Å². The molecule has 0 aromatic carbocycles. The predicted octanol–water partition coefficient (Wildman–Crippen LogP) is 7.22. The van der Waals surface area contributed by atoms with Crippen LogP contribution in [0.15, 0.2) is 0 Å². The SMILES string of the molecule is CC1(C)CCC23CC[C@]4(C)C(CCC5[C@@]6(C)CC[C@H](OCCN)C(C)(C)C6CC[C@]54C)C2C1OC3. The molecule has 3 nitrogen and oxygen atoms in total. The summed E-state index contributed by atoms with van der Waals surface area (Å²) in [5.74, 6) is 3.24. The minimum absolute atomic E-state index is 0.234. The average Bonchev–Trinajstić information content (AvgIpc) is 3.12. The zero-order chi connectivity index (χ0) is 25.1. The van der Waals surface area contributed by atoms with Gasteiger partial charge in [-0.2, -0.15) is 0 Å². The molecule has 6 rings (SSSR count). The Morgan fingerprint density at radius 2 is 1.51 bits per heavy atom. The summed E-state index contributed by atoms with van der Waals surface area (Å²) in [5, 5.41) is 0. The van der Waals surface area contributed by atoms with Crippen molar-refractivity contribution in [1.29, 1.82) is 0 Å². The highest BCUT2D eigenvalue weighted by Gasteiger charge is 2.72. The second-order valence-electron chi connectivity index (χ2n) is 16.3. The highest BCUT2D eigenvalue weighted by molar-refractivity contribution is 5.21. The largest absolute Gasteiger partial charge is 0.377 e. The lowest BCUT2D eigenvalue weighted by atomic mass is 9.31. The molecule has 200 valence electrons. The van der Waals surface area contributed by atoms with Crippen LogP contribution in [0, 0.1) is 56.2 Å². The lowest BCUT2D eigenvalue weighted by Gasteiger charge is -2.73. The van der Waals surface area contributed by atoms with Crippen molar-refractivity contribution < 1.29 is 9.47 Å². The lowest BCUT2D eigenvalue weighted by molar-refractivity contribution is -0.255. The Morgan fingerprint density at radius 1 is 0.771 bits per heavy atom. The normalized spacial score (nSPS) is 55.9. The average molecular weight is 486 g/mol. The van der Waals surface area contributed by atoms with Crippen LogP contribution in [0.1, 0.15) is 113 Å². The molecule has 6 aliphatic rings. The molecule has 3 heteroatoms. The fraction of sp³-hybridized carbons (Fsp3) is 1.00. The van der Waals surface area contributed by atoms with Crippen molar-refractivity contribution in [2.24, 2.45) is 61.9 Å². The number of fused-ring (bicyclic) bond motifs is 5. The van der Waals surface area contributed by atoms with Crippen LogP contribution in [0.25, 0.3) is 0 Å². The van der Waals surface area contributed by atoms with Crippen LogP contribution in [0.4, 0.5) is 0 Å². The standard InChI is InChI=1S/C32H55NO2/c1-27(2)14-16-32-17-15-30(6)21(25(32)26(27)35-20-32)8-9-23-29(5)12-11-24(34-19-18-33)28(3,4)22(29)10-13-31(23,30)7/h21-26H,8-20,33H2,1-7H3/t21?,22?,23?,24-,25?,26?,29-,30+,31+,32?/m0/s1. The van der Waals surface area contributed by atoms with E-state index in [9.17, 15) is 0 Å². The summed E-state index contributed by atoms with van der Waals surface area (Å²) in [4.78, 5) is 0. The minimum atomic E-state index is 0.234. The van der Waals surface area contributed by atoms with Gasteiger partial charge in [-0.15, -0.1) is 0 Å². The molecule has 5 saturated carbocycles. The maximum absolute atomic E-state index is 6.75. The zero-order valence-electron chi connectivity index (χ0n) is 24.1. The molecule has 2 bridgehead atoms. The number of hydrogen-bond donors (Lipinski definition) is 1. The number of ether oxygens (including phenoxy) is 2. The summed E-state index contributed by atoms with van der Waals surface area (Å²) in [5.41, 5.74) is 8.24. The van der Waals surface area contributed by atoms with Crippen molar-refractivity contribution in [2.75, 3.05) is 19.8 Å². The number of rotatable bonds is 3. The van der Waals surface area contributed by atoms with E-state index in [1.54, 1.807) is 0 Å². The van der Waals surface area contributed by atoms with Crippen LogP contribution < -0.4 is 5.73 Å². The van der Waals surface area contributed by atoms with E-state index in [0.717, 1.165) is 30.3 Å². The molecule has 10 atom stereocenters. The van der Waals surface area contributed by atoms with E-state index in [4.69, 9.17) is 15.2 Å². The third kappa shape index (κ3) is 3.07. The summed E-state index contributed by atoms with van der Waals surface area (Å²) in [6, 6.07) is 0. The molecule has 2 N–H and O–H groups in total. The van der Waals surface area contributed by atoms with Crippen molar-refractivity contribution in [3.8, 4) is 0 Å². The molecular weight excluding hydrogens is 430 g/mol. The Kier molecular flexibility index (Phi) is 5.55. The van der Waals surface area contributed by atoms with Gasteiger partial charge in [0.05, 0.1) is 25.4 Å². The first kappa shape index (κ1) is 25.2. The molecule has 0 aromatic rings. The van der Waals surface area contributed by atoms with Gasteiger partial charge in [0.25, 0.3) is 0 Å². The smallest absolute Gasteiger partial charge is 0.0663 e. The van der Waals surface area contributed by atoms with Gasteiger partial charge in [0, 0.05) is 6.54 Å². The van der Waals surface area contributed by atoms with Gasteiger partial charge < -0.3 is 15.2 Å². The molecule has 0 aromatic heterocycles. The Morgan fingerprint density at radius 3 is 2.26 bits per heavy atom. The van der Waals surface area contributed by atoms with Gasteiger partial charge in [-0.3, -0.25) is 0 Å². The summed E-state index contributed by atoms with van der Waals surface area (Å²) in [7, 11) is 0. The third-order valence-corrected chi connectivity index (χ3v) is 14.5. The van der Waals surface area contributed by atoms with Gasteiger partial charge >= 0.3 is 0 Å². The first-order valence-corrected chi connectivity index (χ1v) is 15.3. The maximum Gasteiger partial charge on any atom is 0.0663 e. The van der Waals surface area contributed by atoms with Crippen molar-refractivity contribution in [2.45, 2.75) is 125 Å². The van der Waals surface area contributed by atoms with Crippen molar-refractivity contribution in [3.05, 3.63) is 0 Å². The van der Waals surface area contributed by atoms with Gasteiger partial charge in [0.15, 0.2) is 0 Å². The predicted molar refractivity (Wildman–Crippen MR) is 143 cm³/mol. The number of nitrogens with two attached hydrogens (primary N) is 1. The maximum atomic E-state index is 6.75. The zero-order valence-corrected chi connectivity index (χ0v) is 24.1. The van der Waals surface area contributed by atoms with Crippen LogP contribution in [-0.4, -0.2) is 32.0 Å². The first-order chi connectivity index (χ1) is 16.4. The highest BCUT2D eigenvalue weighted by atomic mass is 16.5. The molecule has 6 unspecified atom stereocenters. The fourth-order valence-electron chi connectivity index (χ4n) is 12.5. The monoisotopic (exact) mass is 485 g/mol. The van der Waals surface area contributed by atoms with Gasteiger partial charge in [-0.25, -0.2) is 0 Å². The number of hydrogen-bond acceptors (Lipinski definition) is 3. The van der Waals surface area contributed by atoms with E-state index >= 15 is 0 Å². The molecule has 1 heterocycles. The van der Waals surface area contributed by atoms with Gasteiger partial charge in [-0.05, 0) is 120 Å². The molecule has 35 heavy (non-hydrogen) atoms. The Balaban J connectivity index is 1.33. The highest BCUT2D eigenvalue weighted by Crippen LogP contribution is 2.78. The lowest BCUT2D eigenvalue weighted by Crippen LogP contribution is -2.67. The van der Waals surface area contributed by atoms with Crippen LogP contribution in [-0.2, 0) is 9.47 Å². The van der Waals surface area contributed by atoms with Gasteiger partial charge in [0.2, 0.25) is 0 Å². The van der Waals surface area contributed by atoms with E-state index in [0.29, 0.717) is 52.4 Å². The van der Waals surface area contributed by atoms with E-state index in [1.165, 1.54) is 64.2 Å². The van der Waals surface area contributed by atoms with E-state index in [-0.39, 0.29) is 5.41 Å². The van der Waals surface area contributed by atoms with Crippen LogP contribution in [0.5, 0.6) is 0 Å². The second-order valence-corrected chi connectivity index (χ2v) is 16.3. The van der Waals surface area contributed by atoms with Crippen molar-refractivity contribution in [3.63, 3.8) is 0 Å². The molecule has 6 fully saturated rings. The Labute approximate surface area is 216 Å². The summed E-state index contributed by atoms with van der Waals surface area (Å²) < 4.78 is 13.1. The van der Waals surface area contributed by atoms with Crippen LogP contribution >= 0.6 is 0 Å². The van der Waals surface area contributed by atoms with Gasteiger partial charge in [0.1, 0.15) is 0 Å². The molecule has 1 saturated heterocycles. The topological polar surface area (TPSA) is 44.5 Å². The first-order valence-electron chi connectivity index (χ1n) is 15.3. The fourth-order valence-corrected chi connectivity index (χ4v) is 12.5. The summed E-state index contributed by atoms with van der Waals surface area (Å²) >= 11 is 0. The minimum Gasteiger partial charge on any atom is -0.377 e. The van der Waals surface area contributed by atoms with Gasteiger partial charge in [-0.1, -0.05) is 48.5 Å². The second kappa shape index (κ2) is 7.72. The third-order valence-electron chi connectivity index (χ3n) is 14.5. The molecule has 5 aliphatic carbocycles. The van der Waals surface area contributed by atoms with E-state index < -0.39 is 0 Å². The van der Waals surface area contributed by atoms with E-state index in [1.807, 2.05) is 0 Å². The molecular formula is C32H55NO2.